The minimum Gasteiger partial charge on any atom is -0.378 e. The smallest absolute Gasteiger partial charge is 0.224 e. The van der Waals surface area contributed by atoms with E-state index < -0.39 is 0 Å². The zero-order valence-corrected chi connectivity index (χ0v) is 11.2. The fourth-order valence-electron chi connectivity index (χ4n) is 1.94. The van der Waals surface area contributed by atoms with E-state index >= 15 is 0 Å². The number of halogens is 1. The van der Waals surface area contributed by atoms with Gasteiger partial charge in [-0.2, -0.15) is 0 Å². The van der Waals surface area contributed by atoms with Gasteiger partial charge in [0, 0.05) is 17.5 Å². The summed E-state index contributed by atoms with van der Waals surface area (Å²) in [5, 5.41) is 2.89. The van der Waals surface area contributed by atoms with Gasteiger partial charge in [0.25, 0.3) is 0 Å². The van der Waals surface area contributed by atoms with Crippen LogP contribution in [0.25, 0.3) is 0 Å². The van der Waals surface area contributed by atoms with Crippen LogP contribution in [0.3, 0.4) is 0 Å². The molecule has 0 spiro atoms. The summed E-state index contributed by atoms with van der Waals surface area (Å²) in [5.41, 5.74) is 0.824. The lowest BCUT2D eigenvalue weighted by Gasteiger charge is -2.10. The molecule has 0 aromatic heterocycles. The van der Waals surface area contributed by atoms with Gasteiger partial charge in [0.15, 0.2) is 0 Å². The summed E-state index contributed by atoms with van der Waals surface area (Å²) in [4.78, 5) is 11.7. The number of para-hydroxylation sites is 1. The maximum Gasteiger partial charge on any atom is 0.224 e. The monoisotopic (exact) mass is 297 g/mol. The molecule has 0 saturated carbocycles. The molecule has 92 valence electrons. The van der Waals surface area contributed by atoms with Crippen LogP contribution in [-0.4, -0.2) is 18.6 Å². The second-order valence-electron chi connectivity index (χ2n) is 4.20. The molecular weight excluding hydrogens is 282 g/mol. The predicted molar refractivity (Wildman–Crippen MR) is 71.0 cm³/mol. The van der Waals surface area contributed by atoms with E-state index in [1.54, 1.807) is 0 Å². The molecule has 1 aromatic carbocycles. The molecule has 2 rings (SSSR count). The fraction of sp³-hybridized carbons (Fsp3) is 0.462. The fourth-order valence-corrected chi connectivity index (χ4v) is 2.32. The first-order chi connectivity index (χ1) is 8.25. The molecule has 17 heavy (non-hydrogen) atoms. The van der Waals surface area contributed by atoms with Crippen LogP contribution < -0.4 is 5.32 Å². The normalized spacial score (nSPS) is 19.2. The number of hydrogen-bond donors (Lipinski definition) is 1. The van der Waals surface area contributed by atoms with E-state index in [-0.39, 0.29) is 12.0 Å². The zero-order chi connectivity index (χ0) is 12.1. The summed E-state index contributed by atoms with van der Waals surface area (Å²) >= 11 is 3.40. The molecular formula is C13H16BrNO2. The van der Waals surface area contributed by atoms with Crippen LogP contribution in [-0.2, 0) is 9.53 Å². The molecule has 1 aromatic rings. The average Bonchev–Trinajstić information content (AvgIpc) is 2.82. The van der Waals surface area contributed by atoms with Gasteiger partial charge in [-0.05, 0) is 47.3 Å². The van der Waals surface area contributed by atoms with Gasteiger partial charge in [0.05, 0.1) is 11.8 Å². The maximum absolute atomic E-state index is 11.7. The second kappa shape index (κ2) is 6.17. The topological polar surface area (TPSA) is 38.3 Å². The van der Waals surface area contributed by atoms with Crippen molar-refractivity contribution in [1.82, 2.24) is 0 Å². The van der Waals surface area contributed by atoms with Gasteiger partial charge >= 0.3 is 0 Å². The number of hydrogen-bond acceptors (Lipinski definition) is 2. The molecule has 1 saturated heterocycles. The van der Waals surface area contributed by atoms with Crippen LogP contribution in [0.15, 0.2) is 28.7 Å². The minimum atomic E-state index is 0.0485. The average molecular weight is 298 g/mol. The minimum absolute atomic E-state index is 0.0485. The van der Waals surface area contributed by atoms with E-state index in [2.05, 4.69) is 21.2 Å². The molecule has 1 N–H and O–H groups in total. The van der Waals surface area contributed by atoms with E-state index in [1.165, 1.54) is 0 Å². The molecule has 1 aliphatic rings. The van der Waals surface area contributed by atoms with Crippen molar-refractivity contribution in [2.24, 2.45) is 0 Å². The number of nitrogens with one attached hydrogen (secondary N) is 1. The maximum atomic E-state index is 11.7. The summed E-state index contributed by atoms with van der Waals surface area (Å²) in [5.74, 6) is 0.0485. The van der Waals surface area contributed by atoms with Crippen molar-refractivity contribution in [3.63, 3.8) is 0 Å². The van der Waals surface area contributed by atoms with Gasteiger partial charge in [-0.15, -0.1) is 0 Å². The van der Waals surface area contributed by atoms with Crippen LogP contribution in [0, 0.1) is 0 Å². The first-order valence-corrected chi connectivity index (χ1v) is 6.71. The first kappa shape index (κ1) is 12.6. The second-order valence-corrected chi connectivity index (χ2v) is 5.06. The summed E-state index contributed by atoms with van der Waals surface area (Å²) in [6.07, 6.45) is 3.82. The number of carbonyl (C=O) groups excluding carboxylic acids is 1. The van der Waals surface area contributed by atoms with Gasteiger partial charge in [0.2, 0.25) is 5.91 Å². The van der Waals surface area contributed by atoms with Crippen molar-refractivity contribution < 1.29 is 9.53 Å². The van der Waals surface area contributed by atoms with E-state index in [9.17, 15) is 4.79 Å². The predicted octanol–water partition coefficient (Wildman–Crippen LogP) is 3.35. The van der Waals surface area contributed by atoms with Gasteiger partial charge in [-0.25, -0.2) is 0 Å². The Morgan fingerprint density at radius 1 is 1.47 bits per heavy atom. The third-order valence-electron chi connectivity index (χ3n) is 2.87. The Labute approximate surface area is 110 Å². The Balaban J connectivity index is 1.79. The van der Waals surface area contributed by atoms with Crippen molar-refractivity contribution in [3.05, 3.63) is 28.7 Å². The van der Waals surface area contributed by atoms with Crippen molar-refractivity contribution in [3.8, 4) is 0 Å². The zero-order valence-electron chi connectivity index (χ0n) is 9.62. The van der Waals surface area contributed by atoms with Crippen molar-refractivity contribution in [2.75, 3.05) is 11.9 Å². The van der Waals surface area contributed by atoms with Crippen LogP contribution in [0.4, 0.5) is 5.69 Å². The summed E-state index contributed by atoms with van der Waals surface area (Å²) < 4.78 is 6.40. The van der Waals surface area contributed by atoms with Gasteiger partial charge < -0.3 is 10.1 Å². The van der Waals surface area contributed by atoms with Gasteiger partial charge in [-0.3, -0.25) is 4.79 Å². The summed E-state index contributed by atoms with van der Waals surface area (Å²) in [6, 6.07) is 7.62. The Kier molecular flexibility index (Phi) is 4.57. The number of anilines is 1. The third-order valence-corrected chi connectivity index (χ3v) is 3.56. The quantitative estimate of drug-likeness (QED) is 0.925. The van der Waals surface area contributed by atoms with Crippen LogP contribution in [0.1, 0.15) is 25.7 Å². The van der Waals surface area contributed by atoms with Crippen LogP contribution >= 0.6 is 15.9 Å². The Morgan fingerprint density at radius 2 is 2.29 bits per heavy atom. The Hall–Kier alpha value is -0.870. The molecule has 0 bridgehead atoms. The highest BCUT2D eigenvalue weighted by molar-refractivity contribution is 9.10. The van der Waals surface area contributed by atoms with Crippen molar-refractivity contribution in [1.29, 1.82) is 0 Å². The van der Waals surface area contributed by atoms with E-state index in [4.69, 9.17) is 4.74 Å². The molecule has 1 unspecified atom stereocenters. The lowest BCUT2D eigenvalue weighted by Crippen LogP contribution is -2.15. The SMILES string of the molecule is O=C(CCC1CCCO1)Nc1ccccc1Br. The van der Waals surface area contributed by atoms with Crippen LogP contribution in [0.5, 0.6) is 0 Å². The highest BCUT2D eigenvalue weighted by Gasteiger charge is 2.16. The van der Waals surface area contributed by atoms with Gasteiger partial charge in [-0.1, -0.05) is 12.1 Å². The molecule has 3 nitrogen and oxygen atoms in total. The van der Waals surface area contributed by atoms with Crippen molar-refractivity contribution >= 4 is 27.5 Å². The number of benzene rings is 1. The lowest BCUT2D eigenvalue weighted by atomic mass is 10.1. The molecule has 1 amide bonds. The molecule has 0 radical (unpaired) electrons. The third kappa shape index (κ3) is 3.82. The summed E-state index contributed by atoms with van der Waals surface area (Å²) in [6.45, 7) is 0.844. The number of carbonyl (C=O) groups is 1. The number of ether oxygens (including phenoxy) is 1. The number of amides is 1. The Morgan fingerprint density at radius 3 is 3.00 bits per heavy atom. The standard InChI is InChI=1S/C13H16BrNO2/c14-11-5-1-2-6-12(11)15-13(16)8-7-10-4-3-9-17-10/h1-2,5-6,10H,3-4,7-9H2,(H,15,16). The molecule has 1 aliphatic heterocycles. The molecule has 1 fully saturated rings. The highest BCUT2D eigenvalue weighted by Crippen LogP contribution is 2.22. The largest absolute Gasteiger partial charge is 0.378 e. The van der Waals surface area contributed by atoms with E-state index in [0.29, 0.717) is 6.42 Å². The molecule has 1 heterocycles. The van der Waals surface area contributed by atoms with E-state index in [1.807, 2.05) is 24.3 Å². The lowest BCUT2D eigenvalue weighted by molar-refractivity contribution is -0.116. The van der Waals surface area contributed by atoms with Crippen LogP contribution in [0.2, 0.25) is 0 Å². The van der Waals surface area contributed by atoms with Crippen molar-refractivity contribution in [2.45, 2.75) is 31.8 Å². The Bertz CT molecular complexity index is 389. The summed E-state index contributed by atoms with van der Waals surface area (Å²) in [7, 11) is 0. The van der Waals surface area contributed by atoms with E-state index in [0.717, 1.165) is 36.0 Å². The molecule has 1 atom stereocenters. The molecule has 4 heteroatoms. The first-order valence-electron chi connectivity index (χ1n) is 5.91. The van der Waals surface area contributed by atoms with Gasteiger partial charge in [0.1, 0.15) is 0 Å². The molecule has 0 aliphatic carbocycles. The number of rotatable bonds is 4. The highest BCUT2D eigenvalue weighted by atomic mass is 79.9.